The number of hydrogen-bond donors (Lipinski definition) is 1. The van der Waals surface area contributed by atoms with E-state index in [-0.39, 0.29) is 12.1 Å². The molecule has 1 unspecified atom stereocenters. The molecule has 146 valence electrons. The van der Waals surface area contributed by atoms with Crippen LogP contribution in [-0.4, -0.2) is 27.8 Å². The summed E-state index contributed by atoms with van der Waals surface area (Å²) >= 11 is 12.2. The predicted molar refractivity (Wildman–Crippen MR) is 113 cm³/mol. The van der Waals surface area contributed by atoms with Crippen LogP contribution in [0.2, 0.25) is 10.0 Å². The van der Waals surface area contributed by atoms with E-state index in [1.165, 1.54) is 0 Å². The summed E-state index contributed by atoms with van der Waals surface area (Å²) in [6.07, 6.45) is 3.67. The number of benzene rings is 2. The molecule has 0 aliphatic rings. The first-order valence-corrected chi connectivity index (χ1v) is 9.71. The Kier molecular flexibility index (Phi) is 6.60. The molecule has 3 rings (SSSR count). The Morgan fingerprint density at radius 2 is 1.93 bits per heavy atom. The maximum absolute atomic E-state index is 12.7. The Hall–Kier alpha value is -2.50. The van der Waals surface area contributed by atoms with Gasteiger partial charge in [-0.05, 0) is 41.8 Å². The predicted octanol–water partition coefficient (Wildman–Crippen LogP) is 5.14. The fraction of sp³-hybridized carbons (Fsp3) is 0.238. The van der Waals surface area contributed by atoms with Gasteiger partial charge in [-0.2, -0.15) is 5.10 Å². The minimum absolute atomic E-state index is 0.174. The maximum atomic E-state index is 12.7. The number of aromatic nitrogens is 2. The quantitative estimate of drug-likeness (QED) is 0.604. The van der Waals surface area contributed by atoms with Crippen LogP contribution in [0.15, 0.2) is 60.9 Å². The average Bonchev–Trinajstić information content (AvgIpc) is 3.19. The zero-order valence-electron chi connectivity index (χ0n) is 15.8. The van der Waals surface area contributed by atoms with Gasteiger partial charge in [0.05, 0.1) is 12.6 Å². The van der Waals surface area contributed by atoms with Crippen molar-refractivity contribution in [2.24, 2.45) is 0 Å². The lowest BCUT2D eigenvalue weighted by Crippen LogP contribution is -2.38. The second kappa shape index (κ2) is 9.13. The fourth-order valence-electron chi connectivity index (χ4n) is 2.97. The Morgan fingerprint density at radius 1 is 1.18 bits per heavy atom. The van der Waals surface area contributed by atoms with Gasteiger partial charge in [0.15, 0.2) is 0 Å². The number of nitrogens with one attached hydrogen (secondary N) is 1. The van der Waals surface area contributed by atoms with Gasteiger partial charge in [-0.25, -0.2) is 4.79 Å². The van der Waals surface area contributed by atoms with Crippen molar-refractivity contribution in [3.63, 3.8) is 0 Å². The topological polar surface area (TPSA) is 50.2 Å². The highest BCUT2D eigenvalue weighted by molar-refractivity contribution is 6.35. The van der Waals surface area contributed by atoms with Gasteiger partial charge in [0.25, 0.3) is 0 Å². The molecule has 2 aromatic carbocycles. The Bertz CT molecular complexity index is 943. The van der Waals surface area contributed by atoms with Gasteiger partial charge in [-0.15, -0.1) is 0 Å². The summed E-state index contributed by atoms with van der Waals surface area (Å²) < 4.78 is 1.86. The van der Waals surface area contributed by atoms with Gasteiger partial charge in [0, 0.05) is 36.0 Å². The Balaban J connectivity index is 1.65. The van der Waals surface area contributed by atoms with Crippen LogP contribution in [0.5, 0.6) is 0 Å². The number of halogens is 2. The molecule has 0 saturated carbocycles. The van der Waals surface area contributed by atoms with Gasteiger partial charge in [0.1, 0.15) is 0 Å². The number of amides is 2. The number of carbonyl (C=O) groups excluding carboxylic acids is 1. The van der Waals surface area contributed by atoms with Crippen LogP contribution in [0.25, 0.3) is 0 Å². The lowest BCUT2D eigenvalue weighted by molar-refractivity contribution is 0.194. The van der Waals surface area contributed by atoms with Crippen molar-refractivity contribution in [1.82, 2.24) is 20.0 Å². The lowest BCUT2D eigenvalue weighted by atomic mass is 10.1. The van der Waals surface area contributed by atoms with E-state index < -0.39 is 0 Å². The molecule has 0 saturated heterocycles. The SMILES string of the molecule is CC(c1ccc(Cl)cc1Cl)N(C)C(=O)NCc1ccccc1Cn1cccn1. The smallest absolute Gasteiger partial charge is 0.317 e. The summed E-state index contributed by atoms with van der Waals surface area (Å²) in [5.41, 5.74) is 3.02. The molecule has 2 amide bonds. The van der Waals surface area contributed by atoms with Crippen LogP contribution in [0.3, 0.4) is 0 Å². The van der Waals surface area contributed by atoms with Crippen molar-refractivity contribution in [2.45, 2.75) is 26.1 Å². The van der Waals surface area contributed by atoms with Gasteiger partial charge >= 0.3 is 6.03 Å². The first-order chi connectivity index (χ1) is 13.5. The molecule has 7 heteroatoms. The molecule has 0 spiro atoms. The van der Waals surface area contributed by atoms with Crippen LogP contribution >= 0.6 is 23.2 Å². The summed E-state index contributed by atoms with van der Waals surface area (Å²) in [7, 11) is 1.75. The van der Waals surface area contributed by atoms with Crippen molar-refractivity contribution in [3.8, 4) is 0 Å². The maximum Gasteiger partial charge on any atom is 0.317 e. The zero-order valence-corrected chi connectivity index (χ0v) is 17.3. The van der Waals surface area contributed by atoms with E-state index >= 15 is 0 Å². The summed E-state index contributed by atoms with van der Waals surface area (Å²) in [4.78, 5) is 14.3. The van der Waals surface area contributed by atoms with Crippen molar-refractivity contribution < 1.29 is 4.79 Å². The first kappa shape index (κ1) is 20.2. The fourth-order valence-corrected chi connectivity index (χ4v) is 3.54. The highest BCUT2D eigenvalue weighted by Gasteiger charge is 2.19. The summed E-state index contributed by atoms with van der Waals surface area (Å²) in [5, 5.41) is 8.35. The van der Waals surface area contributed by atoms with Crippen molar-refractivity contribution >= 4 is 29.2 Å². The van der Waals surface area contributed by atoms with Crippen molar-refractivity contribution in [2.75, 3.05) is 7.05 Å². The molecule has 1 aromatic heterocycles. The third-order valence-electron chi connectivity index (χ3n) is 4.75. The molecule has 0 bridgehead atoms. The molecule has 5 nitrogen and oxygen atoms in total. The van der Waals surface area contributed by atoms with Crippen LogP contribution in [-0.2, 0) is 13.1 Å². The number of rotatable bonds is 6. The van der Waals surface area contributed by atoms with Crippen molar-refractivity contribution in [1.29, 1.82) is 0 Å². The van der Waals surface area contributed by atoms with E-state index in [1.807, 2.05) is 54.2 Å². The van der Waals surface area contributed by atoms with E-state index in [1.54, 1.807) is 30.3 Å². The minimum Gasteiger partial charge on any atom is -0.334 e. The molecule has 28 heavy (non-hydrogen) atoms. The minimum atomic E-state index is -0.191. The summed E-state index contributed by atoms with van der Waals surface area (Å²) in [6.45, 7) is 3.02. The molecule has 1 N–H and O–H groups in total. The second-order valence-electron chi connectivity index (χ2n) is 6.58. The standard InChI is InChI=1S/C21H22Cl2N4O/c1-15(19-9-8-18(22)12-20(19)23)26(2)21(28)24-13-16-6-3-4-7-17(16)14-27-11-5-10-25-27/h3-12,15H,13-14H2,1-2H3,(H,24,28). The average molecular weight is 417 g/mol. The number of urea groups is 1. The molecule has 0 aliphatic carbocycles. The molecule has 1 atom stereocenters. The molecular formula is C21H22Cl2N4O. The largest absolute Gasteiger partial charge is 0.334 e. The monoisotopic (exact) mass is 416 g/mol. The summed E-state index contributed by atoms with van der Waals surface area (Å²) in [6, 6.07) is 14.8. The van der Waals surface area contributed by atoms with Gasteiger partial charge in [-0.1, -0.05) is 53.5 Å². The van der Waals surface area contributed by atoms with E-state index in [0.717, 1.165) is 16.7 Å². The van der Waals surface area contributed by atoms with E-state index in [2.05, 4.69) is 10.4 Å². The molecule has 0 radical (unpaired) electrons. The number of nitrogens with zero attached hydrogens (tertiary/aromatic N) is 3. The van der Waals surface area contributed by atoms with Gasteiger partial charge in [-0.3, -0.25) is 4.68 Å². The van der Waals surface area contributed by atoms with E-state index in [0.29, 0.717) is 23.1 Å². The normalized spacial score (nSPS) is 11.9. The Labute approximate surface area is 174 Å². The highest BCUT2D eigenvalue weighted by Crippen LogP contribution is 2.29. The van der Waals surface area contributed by atoms with E-state index in [4.69, 9.17) is 23.2 Å². The number of carbonyl (C=O) groups is 1. The molecular weight excluding hydrogens is 395 g/mol. The Morgan fingerprint density at radius 3 is 2.61 bits per heavy atom. The van der Waals surface area contributed by atoms with Gasteiger partial charge < -0.3 is 10.2 Å². The van der Waals surface area contributed by atoms with Crippen LogP contribution in [0.1, 0.15) is 29.7 Å². The first-order valence-electron chi connectivity index (χ1n) is 8.95. The summed E-state index contributed by atoms with van der Waals surface area (Å²) in [5.74, 6) is 0. The van der Waals surface area contributed by atoms with E-state index in [9.17, 15) is 4.79 Å². The lowest BCUT2D eigenvalue weighted by Gasteiger charge is -2.26. The van der Waals surface area contributed by atoms with Crippen LogP contribution in [0.4, 0.5) is 4.79 Å². The molecule has 1 heterocycles. The molecule has 3 aromatic rings. The van der Waals surface area contributed by atoms with Crippen molar-refractivity contribution in [3.05, 3.63) is 87.7 Å². The molecule has 0 aliphatic heterocycles. The second-order valence-corrected chi connectivity index (χ2v) is 7.43. The van der Waals surface area contributed by atoms with Crippen LogP contribution < -0.4 is 5.32 Å². The third-order valence-corrected chi connectivity index (χ3v) is 5.32. The number of hydrogen-bond acceptors (Lipinski definition) is 2. The van der Waals surface area contributed by atoms with Gasteiger partial charge in [0.2, 0.25) is 0 Å². The van der Waals surface area contributed by atoms with Crippen LogP contribution in [0, 0.1) is 0 Å². The zero-order chi connectivity index (χ0) is 20.1. The highest BCUT2D eigenvalue weighted by atomic mass is 35.5. The third kappa shape index (κ3) is 4.86. The molecule has 0 fully saturated rings.